The summed E-state index contributed by atoms with van der Waals surface area (Å²) in [6.45, 7) is 11.9. The number of carbonyl (C=O) groups is 2. The number of piperidine rings is 1. The Morgan fingerprint density at radius 2 is 2.17 bits per heavy atom. The normalized spacial score (nSPS) is 27.9. The Balaban J connectivity index is 1.44. The van der Waals surface area contributed by atoms with Gasteiger partial charge in [-0.2, -0.15) is 0 Å². The summed E-state index contributed by atoms with van der Waals surface area (Å²) in [5.74, 6) is 1.06. The third-order valence-corrected chi connectivity index (χ3v) is 11.0. The number of nitrogens with zero attached hydrogens (tertiary/aromatic N) is 2. The number of phenols is 1. The van der Waals surface area contributed by atoms with Gasteiger partial charge in [-0.25, -0.2) is 0 Å². The summed E-state index contributed by atoms with van der Waals surface area (Å²) in [6.07, 6.45) is 8.57. The minimum absolute atomic E-state index is 0.00171. The first-order valence-electron chi connectivity index (χ1n) is 14.5. The van der Waals surface area contributed by atoms with Crippen molar-refractivity contribution in [1.29, 1.82) is 0 Å². The maximum absolute atomic E-state index is 13.9. The molecule has 6 rings (SSSR count). The quantitative estimate of drug-likeness (QED) is 0.167. The average molecular weight is 642 g/mol. The number of amides is 1. The van der Waals surface area contributed by atoms with Crippen molar-refractivity contribution >= 4 is 45.2 Å². The Hall–Kier alpha value is -2.62. The predicted octanol–water partition coefficient (Wildman–Crippen LogP) is 5.93. The van der Waals surface area contributed by atoms with Crippen molar-refractivity contribution in [3.63, 3.8) is 0 Å². The van der Waals surface area contributed by atoms with Gasteiger partial charge in [0, 0.05) is 69.5 Å². The van der Waals surface area contributed by atoms with E-state index in [0.29, 0.717) is 24.0 Å². The van der Waals surface area contributed by atoms with E-state index < -0.39 is 5.97 Å². The van der Waals surface area contributed by atoms with E-state index in [-0.39, 0.29) is 41.2 Å². The van der Waals surface area contributed by atoms with E-state index in [1.165, 1.54) is 13.0 Å². The molecule has 1 N–H and O–H groups in total. The lowest BCUT2D eigenvalue weighted by Crippen LogP contribution is -2.69. The molecule has 2 bridgehead atoms. The standard InChI is InChI=1S/C32H37BrN2O5S/c1-5-11-34-12-10-32-23-7-8-24(35(16-18(2)3)28(38)9-6-21-13-20(33)17-41-21)31(32)40-30-26(37)15-27(39-19(4)36)22(29(30)32)14-25(23)34/h5-6,9,13,15,17-18,23-25,31,37H,1,7-8,10-12,14,16H2,2-4H3/b9-6+/t23-,24-,25+,31-,32-/m0/s1. The molecule has 4 aliphatic rings. The highest BCUT2D eigenvalue weighted by Crippen LogP contribution is 2.65. The van der Waals surface area contributed by atoms with Crippen molar-refractivity contribution < 1.29 is 24.2 Å². The highest BCUT2D eigenvalue weighted by molar-refractivity contribution is 9.10. The summed E-state index contributed by atoms with van der Waals surface area (Å²) in [4.78, 5) is 31.5. The fourth-order valence-corrected chi connectivity index (χ4v) is 9.39. The first-order chi connectivity index (χ1) is 19.6. The molecule has 1 saturated carbocycles. The van der Waals surface area contributed by atoms with Crippen LogP contribution in [0.15, 0.2) is 40.7 Å². The van der Waals surface area contributed by atoms with Crippen LogP contribution >= 0.6 is 27.3 Å². The molecule has 41 heavy (non-hydrogen) atoms. The number of esters is 1. The molecule has 7 nitrogen and oxygen atoms in total. The number of rotatable bonds is 8. The van der Waals surface area contributed by atoms with Gasteiger partial charge in [-0.1, -0.05) is 19.9 Å². The highest BCUT2D eigenvalue weighted by atomic mass is 79.9. The maximum Gasteiger partial charge on any atom is 0.308 e. The van der Waals surface area contributed by atoms with Crippen LogP contribution in [0, 0.1) is 11.8 Å². The van der Waals surface area contributed by atoms with Gasteiger partial charge >= 0.3 is 5.97 Å². The van der Waals surface area contributed by atoms with Crippen LogP contribution < -0.4 is 9.47 Å². The van der Waals surface area contributed by atoms with Crippen molar-refractivity contribution in [2.75, 3.05) is 19.6 Å². The van der Waals surface area contributed by atoms with Gasteiger partial charge < -0.3 is 19.5 Å². The second-order valence-electron chi connectivity index (χ2n) is 12.2. The topological polar surface area (TPSA) is 79.3 Å². The van der Waals surface area contributed by atoms with E-state index >= 15 is 0 Å². The van der Waals surface area contributed by atoms with Crippen LogP contribution in [0.1, 0.15) is 56.0 Å². The second-order valence-corrected chi connectivity index (χ2v) is 14.0. The summed E-state index contributed by atoms with van der Waals surface area (Å²) < 4.78 is 13.5. The first kappa shape index (κ1) is 28.5. The van der Waals surface area contributed by atoms with E-state index in [1.54, 1.807) is 17.4 Å². The zero-order valence-corrected chi connectivity index (χ0v) is 26.2. The largest absolute Gasteiger partial charge is 0.504 e. The number of thiophene rings is 1. The van der Waals surface area contributed by atoms with E-state index in [0.717, 1.165) is 59.2 Å². The first-order valence-corrected chi connectivity index (χ1v) is 16.1. The molecule has 3 heterocycles. The molecule has 2 aromatic rings. The van der Waals surface area contributed by atoms with E-state index in [1.807, 2.05) is 28.5 Å². The van der Waals surface area contributed by atoms with Gasteiger partial charge in [0.2, 0.25) is 5.91 Å². The summed E-state index contributed by atoms with van der Waals surface area (Å²) in [5.41, 5.74) is 1.58. The Labute approximate surface area is 253 Å². The lowest BCUT2D eigenvalue weighted by Gasteiger charge is -2.60. The summed E-state index contributed by atoms with van der Waals surface area (Å²) in [7, 11) is 0. The summed E-state index contributed by atoms with van der Waals surface area (Å²) >= 11 is 5.08. The average Bonchev–Trinajstić information content (AvgIpc) is 3.49. The number of likely N-dealkylation sites (tertiary alicyclic amines) is 1. The fourth-order valence-electron chi connectivity index (χ4n) is 8.05. The molecule has 9 heteroatoms. The molecular weight excluding hydrogens is 604 g/mol. The van der Waals surface area contributed by atoms with Crippen LogP contribution in [0.5, 0.6) is 17.2 Å². The molecule has 0 unspecified atom stereocenters. The molecule has 1 aromatic carbocycles. The van der Waals surface area contributed by atoms with Crippen LogP contribution in [0.4, 0.5) is 0 Å². The molecule has 5 atom stereocenters. The van der Waals surface area contributed by atoms with Crippen molar-refractivity contribution in [3.8, 4) is 17.2 Å². The zero-order chi connectivity index (χ0) is 29.1. The van der Waals surface area contributed by atoms with Gasteiger partial charge in [-0.3, -0.25) is 14.5 Å². The lowest BCUT2D eigenvalue weighted by atomic mass is 9.50. The second kappa shape index (κ2) is 10.9. The van der Waals surface area contributed by atoms with Crippen molar-refractivity contribution in [2.24, 2.45) is 11.8 Å². The number of carbonyl (C=O) groups excluding carboxylic acids is 2. The number of phenolic OH excluding ortho intramolecular Hbond substituents is 1. The molecule has 1 amide bonds. The molecule has 2 aliphatic heterocycles. The van der Waals surface area contributed by atoms with Gasteiger partial charge in [0.25, 0.3) is 0 Å². The van der Waals surface area contributed by atoms with Crippen molar-refractivity contribution in [3.05, 3.63) is 56.7 Å². The number of aromatic hydroxyl groups is 1. The summed E-state index contributed by atoms with van der Waals surface area (Å²) in [6, 6.07) is 3.62. The third-order valence-electron chi connectivity index (χ3n) is 9.33. The minimum Gasteiger partial charge on any atom is -0.504 e. The minimum atomic E-state index is -0.413. The van der Waals surface area contributed by atoms with Crippen LogP contribution in [-0.2, 0) is 21.4 Å². The van der Waals surface area contributed by atoms with Gasteiger partial charge in [0.15, 0.2) is 11.5 Å². The van der Waals surface area contributed by atoms with Crippen LogP contribution in [0.3, 0.4) is 0 Å². The molecule has 2 fully saturated rings. The van der Waals surface area contributed by atoms with Crippen LogP contribution in [0.2, 0.25) is 0 Å². The Morgan fingerprint density at radius 1 is 1.37 bits per heavy atom. The molecule has 0 radical (unpaired) electrons. The summed E-state index contributed by atoms with van der Waals surface area (Å²) in [5, 5.41) is 13.2. The number of halogens is 1. The van der Waals surface area contributed by atoms with E-state index in [4.69, 9.17) is 9.47 Å². The number of ether oxygens (including phenoxy) is 2. The van der Waals surface area contributed by atoms with Gasteiger partial charge in [-0.15, -0.1) is 17.9 Å². The van der Waals surface area contributed by atoms with Crippen LogP contribution in [0.25, 0.3) is 6.08 Å². The van der Waals surface area contributed by atoms with Crippen LogP contribution in [-0.4, -0.2) is 64.6 Å². The molecule has 2 aliphatic carbocycles. The fraction of sp³-hybridized carbons (Fsp3) is 0.500. The molecular formula is C32H37BrN2O5S. The third kappa shape index (κ3) is 4.74. The monoisotopic (exact) mass is 640 g/mol. The molecule has 218 valence electrons. The highest BCUT2D eigenvalue weighted by Gasteiger charge is 2.67. The van der Waals surface area contributed by atoms with Crippen molar-refractivity contribution in [2.45, 2.75) is 70.1 Å². The predicted molar refractivity (Wildman–Crippen MR) is 164 cm³/mol. The Bertz CT molecular complexity index is 1420. The van der Waals surface area contributed by atoms with Gasteiger partial charge in [0.05, 0.1) is 6.04 Å². The molecule has 1 saturated heterocycles. The zero-order valence-electron chi connectivity index (χ0n) is 23.8. The Morgan fingerprint density at radius 3 is 2.85 bits per heavy atom. The lowest BCUT2D eigenvalue weighted by molar-refractivity contribution is -0.138. The van der Waals surface area contributed by atoms with E-state index in [9.17, 15) is 14.7 Å². The smallest absolute Gasteiger partial charge is 0.308 e. The number of hydrogen-bond acceptors (Lipinski definition) is 7. The Kier molecular flexibility index (Phi) is 7.57. The number of hydrogen-bond donors (Lipinski definition) is 1. The molecule has 1 spiro atoms. The van der Waals surface area contributed by atoms with Gasteiger partial charge in [-0.05, 0) is 72.1 Å². The number of benzene rings is 1. The van der Waals surface area contributed by atoms with Crippen molar-refractivity contribution in [1.82, 2.24) is 9.80 Å². The molecule has 1 aromatic heterocycles. The maximum atomic E-state index is 13.9. The van der Waals surface area contributed by atoms with Gasteiger partial charge in [0.1, 0.15) is 11.9 Å². The van der Waals surface area contributed by atoms with E-state index in [2.05, 4.69) is 41.3 Å². The SMILES string of the molecule is C=CCN1CC[C@]23c4c5c(OC(C)=O)cc(O)c4O[C@H]2[C@@H](N(CC(C)C)C(=O)/C=C/c2cc(Br)cs2)CC[C@H]3[C@H]1C5.